The van der Waals surface area contributed by atoms with Crippen LogP contribution in [0.25, 0.3) is 0 Å². The highest BCUT2D eigenvalue weighted by Crippen LogP contribution is 2.40. The Balaban J connectivity index is 1.94. The second-order valence-corrected chi connectivity index (χ2v) is 11.0. The van der Waals surface area contributed by atoms with Gasteiger partial charge in [-0.3, -0.25) is 24.0 Å². The number of carboxylic acids is 1. The smallest absolute Gasteiger partial charge is 0.306 e. The van der Waals surface area contributed by atoms with Gasteiger partial charge in [-0.1, -0.05) is 33.1 Å². The lowest BCUT2D eigenvalue weighted by atomic mass is 9.78. The van der Waals surface area contributed by atoms with Gasteiger partial charge < -0.3 is 10.0 Å². The molecular weight excluding hydrogens is 506 g/mol. The first-order valence-corrected chi connectivity index (χ1v) is 13.8. The molecule has 1 aliphatic carbocycles. The van der Waals surface area contributed by atoms with Crippen LogP contribution in [0.1, 0.15) is 109 Å². The van der Waals surface area contributed by atoms with Gasteiger partial charge in [0.05, 0.1) is 30.3 Å². The molecule has 0 aliphatic heterocycles. The molecule has 0 aromatic carbocycles. The van der Waals surface area contributed by atoms with E-state index in [1.807, 2.05) is 0 Å². The average Bonchev–Trinajstić information content (AvgIpc) is 3.31. The zero-order valence-corrected chi connectivity index (χ0v) is 23.5. The number of nitrogens with zero attached hydrogens (tertiary/aromatic N) is 4. The molecule has 1 aliphatic rings. The van der Waals surface area contributed by atoms with Crippen molar-refractivity contribution >= 4 is 17.7 Å². The van der Waals surface area contributed by atoms with E-state index in [9.17, 15) is 19.5 Å². The molecule has 10 heteroatoms. The molecule has 0 spiro atoms. The number of aromatic nitrogens is 3. The minimum atomic E-state index is -3.37. The van der Waals surface area contributed by atoms with Crippen molar-refractivity contribution in [2.45, 2.75) is 91.5 Å². The highest BCUT2D eigenvalue weighted by molar-refractivity contribution is 6.04. The predicted octanol–water partition coefficient (Wildman–Crippen LogP) is 5.97. The summed E-state index contributed by atoms with van der Waals surface area (Å²) >= 11 is 0. The van der Waals surface area contributed by atoms with E-state index >= 15 is 8.78 Å². The first-order valence-electron chi connectivity index (χ1n) is 13.8. The van der Waals surface area contributed by atoms with Gasteiger partial charge in [-0.25, -0.2) is 0 Å². The van der Waals surface area contributed by atoms with E-state index in [1.165, 1.54) is 15.8 Å². The van der Waals surface area contributed by atoms with Gasteiger partial charge in [-0.05, 0) is 56.6 Å². The van der Waals surface area contributed by atoms with Gasteiger partial charge in [0.2, 0.25) is 0 Å². The number of alkyl halides is 2. The molecule has 3 rings (SSSR count). The summed E-state index contributed by atoms with van der Waals surface area (Å²) in [5, 5.41) is 13.7. The molecule has 2 heterocycles. The van der Waals surface area contributed by atoms with Crippen LogP contribution in [0.2, 0.25) is 0 Å². The van der Waals surface area contributed by atoms with E-state index in [4.69, 9.17) is 0 Å². The summed E-state index contributed by atoms with van der Waals surface area (Å²) in [5.41, 5.74) is 1.16. The number of Topliss-reactive ketones (excluding diaryl/α,β-unsaturated/α-hetero) is 1. The molecule has 0 radical (unpaired) electrons. The number of halogens is 2. The second kappa shape index (κ2) is 12.8. The fourth-order valence-electron chi connectivity index (χ4n) is 5.74. The van der Waals surface area contributed by atoms with Gasteiger partial charge in [0.15, 0.2) is 5.78 Å². The van der Waals surface area contributed by atoms with Crippen LogP contribution in [0.3, 0.4) is 0 Å². The third-order valence-corrected chi connectivity index (χ3v) is 7.75. The minimum absolute atomic E-state index is 0.220. The molecule has 1 N–H and O–H groups in total. The van der Waals surface area contributed by atoms with E-state index in [1.54, 1.807) is 33.2 Å². The van der Waals surface area contributed by atoms with E-state index in [2.05, 4.69) is 17.0 Å². The molecule has 0 saturated heterocycles. The number of carbonyl (C=O) groups excluding carboxylic acids is 2. The Labute approximate surface area is 228 Å². The maximum atomic E-state index is 15.1. The second-order valence-electron chi connectivity index (χ2n) is 11.0. The number of amides is 1. The van der Waals surface area contributed by atoms with E-state index < -0.39 is 35.5 Å². The van der Waals surface area contributed by atoms with Gasteiger partial charge in [0.1, 0.15) is 5.69 Å². The molecule has 2 aromatic heterocycles. The van der Waals surface area contributed by atoms with Crippen LogP contribution in [0.15, 0.2) is 18.6 Å². The number of ketones is 1. The van der Waals surface area contributed by atoms with Crippen LogP contribution < -0.4 is 0 Å². The summed E-state index contributed by atoms with van der Waals surface area (Å²) < 4.78 is 31.4. The van der Waals surface area contributed by atoms with Crippen LogP contribution in [-0.2, 0) is 10.7 Å². The Hall–Kier alpha value is -3.17. The zero-order valence-electron chi connectivity index (χ0n) is 23.5. The maximum Gasteiger partial charge on any atom is 0.306 e. The molecule has 39 heavy (non-hydrogen) atoms. The fraction of sp³-hybridized carbons (Fsp3) is 0.621. The normalized spacial score (nSPS) is 19.6. The lowest BCUT2D eigenvalue weighted by Crippen LogP contribution is -2.38. The standard InChI is InChI=1S/C29H40F2N4O4/c1-6-7-8-9-12-34(17-24(36)25-19(3)14-32-15-20(25)4)27(37)23-16-33-35(26(23)29(5,30)31)21-10-11-22(28(38)39)18(2)13-21/h14-16,18,21-22H,6-13,17H2,1-5H3,(H,38,39)/t18-,21+,22+/m1/s1. The van der Waals surface area contributed by atoms with E-state index in [0.29, 0.717) is 42.4 Å². The predicted molar refractivity (Wildman–Crippen MR) is 143 cm³/mol. The van der Waals surface area contributed by atoms with Crippen molar-refractivity contribution in [3.8, 4) is 0 Å². The molecule has 1 fully saturated rings. The van der Waals surface area contributed by atoms with Gasteiger partial charge in [0, 0.05) is 31.4 Å². The number of hydrogen-bond acceptors (Lipinski definition) is 5. The lowest BCUT2D eigenvalue weighted by Gasteiger charge is -2.33. The molecule has 0 bridgehead atoms. The van der Waals surface area contributed by atoms with Crippen molar-refractivity contribution in [3.05, 3.63) is 46.5 Å². The third kappa shape index (κ3) is 7.08. The first-order chi connectivity index (χ1) is 18.4. The number of aliphatic carboxylic acids is 1. The number of carbonyl (C=O) groups is 3. The molecule has 1 amide bonds. The van der Waals surface area contributed by atoms with Crippen molar-refractivity contribution in [3.63, 3.8) is 0 Å². The van der Waals surface area contributed by atoms with E-state index in [0.717, 1.165) is 26.2 Å². The average molecular weight is 547 g/mol. The Kier molecular flexibility index (Phi) is 9.96. The Bertz CT molecular complexity index is 1170. The summed E-state index contributed by atoms with van der Waals surface area (Å²) in [7, 11) is 0. The van der Waals surface area contributed by atoms with Crippen molar-refractivity contribution < 1.29 is 28.3 Å². The van der Waals surface area contributed by atoms with Crippen LogP contribution in [0, 0.1) is 25.7 Å². The molecule has 0 unspecified atom stereocenters. The first kappa shape index (κ1) is 30.4. The summed E-state index contributed by atoms with van der Waals surface area (Å²) in [6.07, 6.45) is 8.90. The Morgan fingerprint density at radius 2 is 1.77 bits per heavy atom. The fourth-order valence-corrected chi connectivity index (χ4v) is 5.74. The summed E-state index contributed by atoms with van der Waals surface area (Å²) in [5.74, 6) is -5.93. The van der Waals surface area contributed by atoms with Crippen LogP contribution in [-0.4, -0.2) is 55.5 Å². The van der Waals surface area contributed by atoms with Gasteiger partial charge in [-0.2, -0.15) is 13.9 Å². The lowest BCUT2D eigenvalue weighted by molar-refractivity contribution is -0.145. The van der Waals surface area contributed by atoms with Crippen molar-refractivity contribution in [1.29, 1.82) is 0 Å². The third-order valence-electron chi connectivity index (χ3n) is 7.75. The van der Waals surface area contributed by atoms with E-state index in [-0.39, 0.29) is 30.4 Å². The molecule has 3 atom stereocenters. The molecular formula is C29H40F2N4O4. The molecule has 214 valence electrons. The highest BCUT2D eigenvalue weighted by atomic mass is 19.3. The number of carboxylic acid groups (broad SMARTS) is 1. The Morgan fingerprint density at radius 3 is 2.33 bits per heavy atom. The Morgan fingerprint density at radius 1 is 1.10 bits per heavy atom. The number of unbranched alkanes of at least 4 members (excludes halogenated alkanes) is 3. The van der Waals surface area contributed by atoms with Crippen LogP contribution >= 0.6 is 0 Å². The van der Waals surface area contributed by atoms with Crippen molar-refractivity contribution in [1.82, 2.24) is 19.7 Å². The number of pyridine rings is 1. The van der Waals surface area contributed by atoms with Crippen molar-refractivity contribution in [2.75, 3.05) is 13.1 Å². The minimum Gasteiger partial charge on any atom is -0.481 e. The van der Waals surface area contributed by atoms with Gasteiger partial charge >= 0.3 is 5.97 Å². The van der Waals surface area contributed by atoms with Crippen LogP contribution in [0.4, 0.5) is 8.78 Å². The summed E-state index contributed by atoms with van der Waals surface area (Å²) in [6.45, 7) is 8.18. The molecule has 8 nitrogen and oxygen atoms in total. The van der Waals surface area contributed by atoms with Crippen molar-refractivity contribution in [2.24, 2.45) is 11.8 Å². The molecule has 2 aromatic rings. The van der Waals surface area contributed by atoms with Gasteiger partial charge in [-0.15, -0.1) is 0 Å². The quantitative estimate of drug-likeness (QED) is 0.260. The number of rotatable bonds is 12. The molecule has 1 saturated carbocycles. The highest BCUT2D eigenvalue weighted by Gasteiger charge is 2.41. The number of hydrogen-bond donors (Lipinski definition) is 1. The monoisotopic (exact) mass is 546 g/mol. The SMILES string of the molecule is CCCCCCN(CC(=O)c1c(C)cncc1C)C(=O)c1cnn([C@H]2CC[C@H](C(=O)O)[C@H](C)C2)c1C(C)(F)F. The number of aryl methyl sites for hydroxylation is 2. The topological polar surface area (TPSA) is 105 Å². The largest absolute Gasteiger partial charge is 0.481 e. The van der Waals surface area contributed by atoms with Gasteiger partial charge in [0.25, 0.3) is 11.8 Å². The summed E-state index contributed by atoms with van der Waals surface area (Å²) in [6, 6.07) is -0.445. The maximum absolute atomic E-state index is 15.1. The summed E-state index contributed by atoms with van der Waals surface area (Å²) in [4.78, 5) is 44.2. The van der Waals surface area contributed by atoms with Crippen LogP contribution in [0.5, 0.6) is 0 Å². The zero-order chi connectivity index (χ0) is 28.9.